The first-order valence-electron chi connectivity index (χ1n) is 7.08. The zero-order valence-electron chi connectivity index (χ0n) is 12.1. The number of H-pyrrole nitrogens is 1. The zero-order chi connectivity index (χ0) is 14.7. The second-order valence-corrected chi connectivity index (χ2v) is 5.14. The van der Waals surface area contributed by atoms with Gasteiger partial charge < -0.3 is 9.51 Å². The van der Waals surface area contributed by atoms with E-state index >= 15 is 0 Å². The minimum Gasteiger partial charge on any atom is -0.367 e. The van der Waals surface area contributed by atoms with Crippen LogP contribution in [0.5, 0.6) is 0 Å². The van der Waals surface area contributed by atoms with Crippen molar-refractivity contribution in [3.8, 4) is 22.6 Å². The molecule has 3 rings (SSSR count). The Balaban J connectivity index is 1.87. The van der Waals surface area contributed by atoms with Crippen molar-refractivity contribution in [3.63, 3.8) is 0 Å². The highest BCUT2D eigenvalue weighted by Crippen LogP contribution is 2.27. The number of nitrogens with one attached hydrogen (secondary N) is 1. The standard InChI is InChI=1S/C18H18N2O/c1-3-4-5-14-6-7-15(10-13(14)2)18-11-17(20-21-18)16-8-9-19-12-16/h3,6-12,19H,1,4-5H2,2H3. The lowest BCUT2D eigenvalue weighted by atomic mass is 10.00. The van der Waals surface area contributed by atoms with E-state index in [0.717, 1.165) is 35.4 Å². The van der Waals surface area contributed by atoms with Gasteiger partial charge in [-0.2, -0.15) is 0 Å². The van der Waals surface area contributed by atoms with Gasteiger partial charge in [-0.15, -0.1) is 6.58 Å². The molecule has 106 valence electrons. The molecule has 0 aliphatic carbocycles. The smallest absolute Gasteiger partial charge is 0.167 e. The number of benzene rings is 1. The van der Waals surface area contributed by atoms with Crippen molar-refractivity contribution in [1.29, 1.82) is 0 Å². The molecule has 0 atom stereocenters. The molecular weight excluding hydrogens is 260 g/mol. The van der Waals surface area contributed by atoms with Crippen molar-refractivity contribution in [3.05, 3.63) is 66.5 Å². The quantitative estimate of drug-likeness (QED) is 0.683. The second-order valence-electron chi connectivity index (χ2n) is 5.14. The third-order valence-corrected chi connectivity index (χ3v) is 3.65. The van der Waals surface area contributed by atoms with E-state index in [4.69, 9.17) is 4.52 Å². The third kappa shape index (κ3) is 2.82. The van der Waals surface area contributed by atoms with Crippen molar-refractivity contribution in [2.75, 3.05) is 0 Å². The van der Waals surface area contributed by atoms with Gasteiger partial charge in [0, 0.05) is 29.6 Å². The lowest BCUT2D eigenvalue weighted by molar-refractivity contribution is 0.435. The molecule has 3 nitrogen and oxygen atoms in total. The highest BCUT2D eigenvalue weighted by atomic mass is 16.5. The number of nitrogens with zero attached hydrogens (tertiary/aromatic N) is 1. The van der Waals surface area contributed by atoms with E-state index in [9.17, 15) is 0 Å². The molecule has 0 aliphatic heterocycles. The number of aromatic amines is 1. The molecule has 2 heterocycles. The second kappa shape index (κ2) is 5.83. The Morgan fingerprint density at radius 1 is 1.24 bits per heavy atom. The van der Waals surface area contributed by atoms with Crippen LogP contribution in [0, 0.1) is 6.92 Å². The van der Waals surface area contributed by atoms with Gasteiger partial charge >= 0.3 is 0 Å². The molecule has 0 fully saturated rings. The number of hydrogen-bond donors (Lipinski definition) is 1. The molecular formula is C18H18N2O. The van der Waals surface area contributed by atoms with E-state index in [1.165, 1.54) is 11.1 Å². The molecule has 3 aromatic rings. The monoisotopic (exact) mass is 278 g/mol. The van der Waals surface area contributed by atoms with Gasteiger partial charge in [-0.1, -0.05) is 23.4 Å². The molecule has 0 radical (unpaired) electrons. The molecule has 0 unspecified atom stereocenters. The highest BCUT2D eigenvalue weighted by molar-refractivity contribution is 5.67. The van der Waals surface area contributed by atoms with Crippen LogP contribution in [0.3, 0.4) is 0 Å². The number of aromatic nitrogens is 2. The van der Waals surface area contributed by atoms with Gasteiger partial charge in [0.25, 0.3) is 0 Å². The maximum absolute atomic E-state index is 5.47. The Labute approximate surface area is 124 Å². The SMILES string of the molecule is C=CCCc1ccc(-c2cc(-c3cc[nH]c3)no2)cc1C. The molecule has 0 spiro atoms. The summed E-state index contributed by atoms with van der Waals surface area (Å²) < 4.78 is 5.47. The fourth-order valence-corrected chi connectivity index (χ4v) is 2.42. The Morgan fingerprint density at radius 2 is 2.14 bits per heavy atom. The van der Waals surface area contributed by atoms with Crippen molar-refractivity contribution in [2.45, 2.75) is 19.8 Å². The molecule has 21 heavy (non-hydrogen) atoms. The van der Waals surface area contributed by atoms with Gasteiger partial charge in [0.15, 0.2) is 5.76 Å². The van der Waals surface area contributed by atoms with Crippen LogP contribution >= 0.6 is 0 Å². The van der Waals surface area contributed by atoms with E-state index in [1.807, 2.05) is 30.6 Å². The Bertz CT molecular complexity index is 738. The van der Waals surface area contributed by atoms with Gasteiger partial charge in [0.2, 0.25) is 0 Å². The molecule has 0 aliphatic rings. The zero-order valence-corrected chi connectivity index (χ0v) is 12.1. The number of hydrogen-bond acceptors (Lipinski definition) is 2. The Morgan fingerprint density at radius 3 is 2.86 bits per heavy atom. The largest absolute Gasteiger partial charge is 0.367 e. The Hall–Kier alpha value is -2.55. The Kier molecular flexibility index (Phi) is 3.73. The first-order chi connectivity index (χ1) is 10.3. The van der Waals surface area contributed by atoms with Crippen molar-refractivity contribution >= 4 is 0 Å². The predicted molar refractivity (Wildman–Crippen MR) is 85.0 cm³/mol. The van der Waals surface area contributed by atoms with Crippen LogP contribution in [0.2, 0.25) is 0 Å². The van der Waals surface area contributed by atoms with Crippen LogP contribution in [-0.2, 0) is 6.42 Å². The molecule has 0 bridgehead atoms. The minimum absolute atomic E-state index is 0.796. The van der Waals surface area contributed by atoms with Gasteiger partial charge in [-0.25, -0.2) is 0 Å². The summed E-state index contributed by atoms with van der Waals surface area (Å²) in [5.41, 5.74) is 5.56. The molecule has 1 aromatic carbocycles. The normalized spacial score (nSPS) is 10.7. The predicted octanol–water partition coefficient (Wildman–Crippen LogP) is 4.76. The number of rotatable bonds is 5. The summed E-state index contributed by atoms with van der Waals surface area (Å²) in [6, 6.07) is 10.4. The lowest BCUT2D eigenvalue weighted by Gasteiger charge is -2.05. The van der Waals surface area contributed by atoms with E-state index in [0.29, 0.717) is 0 Å². The fraction of sp³-hybridized carbons (Fsp3) is 0.167. The summed E-state index contributed by atoms with van der Waals surface area (Å²) in [5, 5.41) is 4.13. The average Bonchev–Trinajstić information content (AvgIpc) is 3.16. The molecule has 1 N–H and O–H groups in total. The van der Waals surface area contributed by atoms with E-state index in [1.54, 1.807) is 0 Å². The van der Waals surface area contributed by atoms with Crippen LogP contribution in [-0.4, -0.2) is 10.1 Å². The van der Waals surface area contributed by atoms with E-state index in [-0.39, 0.29) is 0 Å². The average molecular weight is 278 g/mol. The first-order valence-corrected chi connectivity index (χ1v) is 7.08. The summed E-state index contributed by atoms with van der Waals surface area (Å²) >= 11 is 0. The highest BCUT2D eigenvalue weighted by Gasteiger charge is 2.10. The van der Waals surface area contributed by atoms with E-state index in [2.05, 4.69) is 41.8 Å². The van der Waals surface area contributed by atoms with Gasteiger partial charge in [-0.05, 0) is 43.0 Å². The van der Waals surface area contributed by atoms with Gasteiger partial charge in [0.05, 0.1) is 0 Å². The molecule has 2 aromatic heterocycles. The summed E-state index contributed by atoms with van der Waals surface area (Å²) in [6.45, 7) is 5.90. The number of aryl methyl sites for hydroxylation is 2. The lowest BCUT2D eigenvalue weighted by Crippen LogP contribution is -1.89. The maximum Gasteiger partial charge on any atom is 0.167 e. The van der Waals surface area contributed by atoms with Crippen LogP contribution in [0.1, 0.15) is 17.5 Å². The maximum atomic E-state index is 5.47. The molecule has 0 saturated heterocycles. The van der Waals surface area contributed by atoms with Crippen LogP contribution < -0.4 is 0 Å². The van der Waals surface area contributed by atoms with Gasteiger partial charge in [0.1, 0.15) is 5.69 Å². The van der Waals surface area contributed by atoms with E-state index < -0.39 is 0 Å². The summed E-state index contributed by atoms with van der Waals surface area (Å²) in [6.07, 6.45) is 7.77. The molecule has 0 saturated carbocycles. The number of allylic oxidation sites excluding steroid dienone is 1. The van der Waals surface area contributed by atoms with Crippen molar-refractivity contribution in [1.82, 2.24) is 10.1 Å². The van der Waals surface area contributed by atoms with Crippen molar-refractivity contribution < 1.29 is 4.52 Å². The third-order valence-electron chi connectivity index (χ3n) is 3.65. The minimum atomic E-state index is 0.796. The van der Waals surface area contributed by atoms with Gasteiger partial charge in [-0.3, -0.25) is 0 Å². The van der Waals surface area contributed by atoms with Crippen LogP contribution in [0.4, 0.5) is 0 Å². The van der Waals surface area contributed by atoms with Crippen molar-refractivity contribution in [2.24, 2.45) is 0 Å². The summed E-state index contributed by atoms with van der Waals surface area (Å²) in [7, 11) is 0. The molecule has 3 heteroatoms. The summed E-state index contributed by atoms with van der Waals surface area (Å²) in [5.74, 6) is 0.796. The topological polar surface area (TPSA) is 41.8 Å². The van der Waals surface area contributed by atoms with Crippen LogP contribution in [0.25, 0.3) is 22.6 Å². The summed E-state index contributed by atoms with van der Waals surface area (Å²) in [4.78, 5) is 3.02. The fourth-order valence-electron chi connectivity index (χ4n) is 2.42. The first kappa shape index (κ1) is 13.4. The van der Waals surface area contributed by atoms with Crippen LogP contribution in [0.15, 0.2) is 59.9 Å². The molecule has 0 amide bonds.